The van der Waals surface area contributed by atoms with Crippen LogP contribution in [0.4, 0.5) is 16.2 Å². The minimum atomic E-state index is -0.337. The molecule has 6 nitrogen and oxygen atoms in total. The maximum atomic E-state index is 12.2. The van der Waals surface area contributed by atoms with Gasteiger partial charge in [-0.05, 0) is 48.5 Å². The summed E-state index contributed by atoms with van der Waals surface area (Å²) in [6, 6.07) is 22.3. The standard InChI is InChI=1S/C21H18N4O2/c1-27-19-9-5-4-8-18(19)25-21(26)22-15-12-10-14(11-13-15)20-23-16-6-2-3-7-17(16)24-20/h2-13H,1H3,(H,23,24)(H2,22,25,26). The lowest BCUT2D eigenvalue weighted by atomic mass is 10.2. The number of rotatable bonds is 4. The Morgan fingerprint density at radius 3 is 2.44 bits per heavy atom. The SMILES string of the molecule is COc1ccccc1NC(=O)Nc1ccc(-c2nc3ccccc3[nH]2)cc1. The van der Waals surface area contributed by atoms with Crippen LogP contribution < -0.4 is 15.4 Å². The van der Waals surface area contributed by atoms with Gasteiger partial charge in [-0.1, -0.05) is 24.3 Å². The molecule has 2 amide bonds. The number of imidazole rings is 1. The van der Waals surface area contributed by atoms with Crippen molar-refractivity contribution in [2.75, 3.05) is 17.7 Å². The fourth-order valence-corrected chi connectivity index (χ4v) is 2.83. The molecule has 0 radical (unpaired) electrons. The van der Waals surface area contributed by atoms with E-state index in [9.17, 15) is 4.79 Å². The number of H-pyrrole nitrogens is 1. The number of hydrogen-bond donors (Lipinski definition) is 3. The third-order valence-electron chi connectivity index (χ3n) is 4.16. The molecule has 0 atom stereocenters. The van der Waals surface area contributed by atoms with E-state index in [1.807, 2.05) is 60.7 Å². The molecule has 3 aromatic carbocycles. The van der Waals surface area contributed by atoms with E-state index in [0.29, 0.717) is 17.1 Å². The van der Waals surface area contributed by atoms with Crippen LogP contribution in [0.15, 0.2) is 72.8 Å². The predicted molar refractivity (Wildman–Crippen MR) is 107 cm³/mol. The zero-order chi connectivity index (χ0) is 18.6. The second-order valence-corrected chi connectivity index (χ2v) is 5.96. The molecule has 4 aromatic rings. The highest BCUT2D eigenvalue weighted by Gasteiger charge is 2.08. The van der Waals surface area contributed by atoms with E-state index in [4.69, 9.17) is 4.74 Å². The molecule has 6 heteroatoms. The van der Waals surface area contributed by atoms with E-state index in [1.54, 1.807) is 19.2 Å². The van der Waals surface area contributed by atoms with E-state index >= 15 is 0 Å². The summed E-state index contributed by atoms with van der Waals surface area (Å²) >= 11 is 0. The summed E-state index contributed by atoms with van der Waals surface area (Å²) in [7, 11) is 1.56. The lowest BCUT2D eigenvalue weighted by Gasteiger charge is -2.11. The lowest BCUT2D eigenvalue weighted by molar-refractivity contribution is 0.262. The van der Waals surface area contributed by atoms with Gasteiger partial charge < -0.3 is 20.4 Å². The highest BCUT2D eigenvalue weighted by Crippen LogP contribution is 2.24. The van der Waals surface area contributed by atoms with Gasteiger partial charge in [-0.2, -0.15) is 0 Å². The second kappa shape index (κ2) is 7.21. The fraction of sp³-hybridized carbons (Fsp3) is 0.0476. The molecule has 1 heterocycles. The predicted octanol–water partition coefficient (Wildman–Crippen LogP) is 4.88. The van der Waals surface area contributed by atoms with Crippen molar-refractivity contribution >= 4 is 28.4 Å². The molecule has 4 rings (SSSR count). The number of fused-ring (bicyclic) bond motifs is 1. The first-order valence-electron chi connectivity index (χ1n) is 8.49. The summed E-state index contributed by atoms with van der Waals surface area (Å²) < 4.78 is 5.23. The molecule has 27 heavy (non-hydrogen) atoms. The van der Waals surface area contributed by atoms with E-state index in [0.717, 1.165) is 22.4 Å². The summed E-state index contributed by atoms with van der Waals surface area (Å²) in [6.07, 6.45) is 0. The molecular formula is C21H18N4O2. The van der Waals surface area contributed by atoms with Crippen LogP contribution in [0.5, 0.6) is 5.75 Å². The topological polar surface area (TPSA) is 79.0 Å². The minimum Gasteiger partial charge on any atom is -0.495 e. The summed E-state index contributed by atoms with van der Waals surface area (Å²) in [4.78, 5) is 20.1. The van der Waals surface area contributed by atoms with E-state index in [2.05, 4.69) is 20.6 Å². The Morgan fingerprint density at radius 2 is 1.67 bits per heavy atom. The molecule has 0 aliphatic carbocycles. The number of nitrogens with one attached hydrogen (secondary N) is 3. The molecule has 3 N–H and O–H groups in total. The third kappa shape index (κ3) is 3.59. The zero-order valence-electron chi connectivity index (χ0n) is 14.7. The molecule has 0 unspecified atom stereocenters. The fourth-order valence-electron chi connectivity index (χ4n) is 2.83. The number of hydrogen-bond acceptors (Lipinski definition) is 3. The quantitative estimate of drug-likeness (QED) is 0.486. The second-order valence-electron chi connectivity index (χ2n) is 5.96. The number of carbonyl (C=O) groups excluding carboxylic acids is 1. The monoisotopic (exact) mass is 358 g/mol. The Balaban J connectivity index is 1.46. The number of carbonyl (C=O) groups is 1. The number of aromatic nitrogens is 2. The third-order valence-corrected chi connectivity index (χ3v) is 4.16. The van der Waals surface area contributed by atoms with Gasteiger partial charge in [0.15, 0.2) is 0 Å². The number of aromatic amines is 1. The highest BCUT2D eigenvalue weighted by atomic mass is 16.5. The number of benzene rings is 3. The maximum Gasteiger partial charge on any atom is 0.323 e. The lowest BCUT2D eigenvalue weighted by Crippen LogP contribution is -2.19. The smallest absolute Gasteiger partial charge is 0.323 e. The molecule has 1 aromatic heterocycles. The number of amides is 2. The largest absolute Gasteiger partial charge is 0.495 e. The summed E-state index contributed by atoms with van der Waals surface area (Å²) in [5, 5.41) is 5.59. The normalized spacial score (nSPS) is 10.6. The van der Waals surface area contributed by atoms with Crippen LogP contribution in [0.25, 0.3) is 22.4 Å². The van der Waals surface area contributed by atoms with Gasteiger partial charge in [0.2, 0.25) is 0 Å². The molecule has 0 aliphatic rings. The van der Waals surface area contributed by atoms with Crippen molar-refractivity contribution in [3.05, 3.63) is 72.8 Å². The van der Waals surface area contributed by atoms with Crippen molar-refractivity contribution in [2.45, 2.75) is 0 Å². The Morgan fingerprint density at radius 1 is 0.926 bits per heavy atom. The van der Waals surface area contributed by atoms with E-state index in [-0.39, 0.29) is 6.03 Å². The highest BCUT2D eigenvalue weighted by molar-refractivity contribution is 6.00. The van der Waals surface area contributed by atoms with Crippen LogP contribution in [-0.4, -0.2) is 23.1 Å². The number of methoxy groups -OCH3 is 1. The van der Waals surface area contributed by atoms with E-state index < -0.39 is 0 Å². The Bertz CT molecular complexity index is 1050. The van der Waals surface area contributed by atoms with Gasteiger partial charge in [0.1, 0.15) is 11.6 Å². The number of ether oxygens (including phenoxy) is 1. The van der Waals surface area contributed by atoms with Crippen LogP contribution in [0.1, 0.15) is 0 Å². The molecule has 0 saturated carbocycles. The van der Waals surface area contributed by atoms with Crippen molar-refractivity contribution in [3.63, 3.8) is 0 Å². The van der Waals surface area contributed by atoms with Crippen LogP contribution in [0, 0.1) is 0 Å². The number of nitrogens with zero attached hydrogens (tertiary/aromatic N) is 1. The van der Waals surface area contributed by atoms with Gasteiger partial charge in [0, 0.05) is 11.3 Å². The molecule has 0 aliphatic heterocycles. The maximum absolute atomic E-state index is 12.2. The van der Waals surface area contributed by atoms with Gasteiger partial charge in [0.25, 0.3) is 0 Å². The minimum absolute atomic E-state index is 0.337. The molecule has 0 bridgehead atoms. The van der Waals surface area contributed by atoms with Gasteiger partial charge in [-0.25, -0.2) is 9.78 Å². The molecular weight excluding hydrogens is 340 g/mol. The zero-order valence-corrected chi connectivity index (χ0v) is 14.7. The van der Waals surface area contributed by atoms with Crippen LogP contribution in [0.3, 0.4) is 0 Å². The van der Waals surface area contributed by atoms with Crippen molar-refractivity contribution in [1.82, 2.24) is 9.97 Å². The number of para-hydroxylation sites is 4. The summed E-state index contributed by atoms with van der Waals surface area (Å²) in [5.74, 6) is 1.40. The van der Waals surface area contributed by atoms with Crippen LogP contribution in [0.2, 0.25) is 0 Å². The van der Waals surface area contributed by atoms with Gasteiger partial charge >= 0.3 is 6.03 Å². The van der Waals surface area contributed by atoms with Gasteiger partial charge in [0.05, 0.1) is 23.8 Å². The average molecular weight is 358 g/mol. The molecule has 134 valence electrons. The Labute approximate surface area is 156 Å². The van der Waals surface area contributed by atoms with Crippen LogP contribution in [-0.2, 0) is 0 Å². The van der Waals surface area contributed by atoms with Crippen molar-refractivity contribution in [1.29, 1.82) is 0 Å². The number of anilines is 2. The molecule has 0 spiro atoms. The summed E-state index contributed by atoms with van der Waals surface area (Å²) in [6.45, 7) is 0. The Kier molecular flexibility index (Phi) is 4.45. The van der Waals surface area contributed by atoms with Crippen LogP contribution >= 0.6 is 0 Å². The number of urea groups is 1. The Hall–Kier alpha value is -3.80. The molecule has 0 fully saturated rings. The first-order valence-corrected chi connectivity index (χ1v) is 8.49. The van der Waals surface area contributed by atoms with Crippen molar-refractivity contribution in [2.24, 2.45) is 0 Å². The first-order chi connectivity index (χ1) is 13.2. The average Bonchev–Trinajstić information content (AvgIpc) is 3.13. The van der Waals surface area contributed by atoms with Gasteiger partial charge in [-0.15, -0.1) is 0 Å². The van der Waals surface area contributed by atoms with Crippen molar-refractivity contribution < 1.29 is 9.53 Å². The van der Waals surface area contributed by atoms with Gasteiger partial charge in [-0.3, -0.25) is 0 Å². The van der Waals surface area contributed by atoms with Crippen molar-refractivity contribution in [3.8, 4) is 17.1 Å². The summed E-state index contributed by atoms with van der Waals surface area (Å²) in [5.41, 5.74) is 4.15. The molecule has 0 saturated heterocycles. The van der Waals surface area contributed by atoms with E-state index in [1.165, 1.54) is 0 Å². The first kappa shape index (κ1) is 16.7.